The number of carbonyl (C=O) groups excluding carboxylic acids is 1. The van der Waals surface area contributed by atoms with Crippen LogP contribution in [0.4, 0.5) is 0 Å². The summed E-state index contributed by atoms with van der Waals surface area (Å²) in [7, 11) is 3.22. The van der Waals surface area contributed by atoms with E-state index in [9.17, 15) is 9.90 Å². The van der Waals surface area contributed by atoms with Crippen molar-refractivity contribution in [3.63, 3.8) is 0 Å². The average molecular weight is 360 g/mol. The summed E-state index contributed by atoms with van der Waals surface area (Å²) in [5.41, 5.74) is 3.68. The molecule has 0 atom stereocenters. The van der Waals surface area contributed by atoms with E-state index >= 15 is 0 Å². The Hall–Kier alpha value is -1.89. The maximum Gasteiger partial charge on any atom is 0.260 e. The van der Waals surface area contributed by atoms with Crippen LogP contribution in [0, 0.1) is 20.8 Å². The Bertz CT molecular complexity index is 725. The number of ether oxygens (including phenoxy) is 1. The predicted octanol–water partition coefficient (Wildman–Crippen LogP) is 2.72. The third-order valence-corrected chi connectivity index (χ3v) is 5.65. The third-order valence-electron chi connectivity index (χ3n) is 5.65. The van der Waals surface area contributed by atoms with Gasteiger partial charge in [0.05, 0.1) is 12.7 Å². The fourth-order valence-electron chi connectivity index (χ4n) is 4.45. The molecular weight excluding hydrogens is 332 g/mol. The number of aliphatic hydroxyl groups is 1. The molecule has 2 heterocycles. The zero-order valence-corrected chi connectivity index (χ0v) is 16.3. The zero-order valence-electron chi connectivity index (χ0n) is 16.3. The first-order chi connectivity index (χ1) is 12.4. The minimum absolute atomic E-state index is 0.156. The van der Waals surface area contributed by atoms with Gasteiger partial charge < -0.3 is 19.6 Å². The van der Waals surface area contributed by atoms with E-state index in [0.29, 0.717) is 31.5 Å². The van der Waals surface area contributed by atoms with E-state index in [0.717, 1.165) is 22.3 Å². The summed E-state index contributed by atoms with van der Waals surface area (Å²) in [4.78, 5) is 20.3. The van der Waals surface area contributed by atoms with Crippen LogP contribution in [0.2, 0.25) is 0 Å². The molecule has 1 amide bonds. The molecular formula is C20H28N2O4. The molecule has 0 aliphatic carbocycles. The number of benzene rings is 1. The molecule has 1 spiro atoms. The quantitative estimate of drug-likeness (QED) is 0.895. The first kappa shape index (κ1) is 18.9. The highest BCUT2D eigenvalue weighted by Crippen LogP contribution is 2.46. The number of carbonyl (C=O) groups is 1. The molecule has 1 fully saturated rings. The predicted molar refractivity (Wildman–Crippen MR) is 99.5 cm³/mol. The zero-order chi connectivity index (χ0) is 19.1. The van der Waals surface area contributed by atoms with Crippen molar-refractivity contribution >= 4 is 11.5 Å². The molecule has 1 saturated heterocycles. The van der Waals surface area contributed by atoms with Gasteiger partial charge in [-0.05, 0) is 50.3 Å². The monoisotopic (exact) mass is 360 g/mol. The van der Waals surface area contributed by atoms with Crippen molar-refractivity contribution in [1.82, 2.24) is 9.96 Å². The van der Waals surface area contributed by atoms with E-state index in [2.05, 4.69) is 12.1 Å². The molecule has 1 N–H and O–H groups in total. The summed E-state index contributed by atoms with van der Waals surface area (Å²) in [6, 6.07) is 4.10. The van der Waals surface area contributed by atoms with Crippen LogP contribution in [-0.2, 0) is 14.4 Å². The second-order valence-electron chi connectivity index (χ2n) is 7.29. The normalized spacial score (nSPS) is 20.5. The van der Waals surface area contributed by atoms with Gasteiger partial charge in [-0.25, -0.2) is 0 Å². The molecule has 6 heteroatoms. The molecule has 3 rings (SSSR count). The van der Waals surface area contributed by atoms with Crippen molar-refractivity contribution in [3.05, 3.63) is 40.1 Å². The Morgan fingerprint density at radius 2 is 1.69 bits per heavy atom. The number of methoxy groups -OCH3 is 1. The fourth-order valence-corrected chi connectivity index (χ4v) is 4.45. The highest BCUT2D eigenvalue weighted by Gasteiger charge is 2.54. The summed E-state index contributed by atoms with van der Waals surface area (Å²) in [5.74, 6) is 0.00984. The van der Waals surface area contributed by atoms with Gasteiger partial charge >= 0.3 is 0 Å². The van der Waals surface area contributed by atoms with Gasteiger partial charge in [0.1, 0.15) is 18.0 Å². The number of aliphatic hydroxyl groups excluding tert-OH is 1. The molecule has 0 aromatic heterocycles. The second-order valence-corrected chi connectivity index (χ2v) is 7.29. The minimum atomic E-state index is -0.721. The number of nitrogens with zero attached hydrogens (tertiary/aromatic N) is 2. The first-order valence-electron chi connectivity index (χ1n) is 8.97. The van der Waals surface area contributed by atoms with Gasteiger partial charge in [0.25, 0.3) is 5.91 Å². The van der Waals surface area contributed by atoms with E-state index in [4.69, 9.17) is 9.57 Å². The number of hydrogen-bond donors (Lipinski definition) is 1. The first-order valence-corrected chi connectivity index (χ1v) is 8.97. The van der Waals surface area contributed by atoms with Gasteiger partial charge in [-0.2, -0.15) is 5.06 Å². The third kappa shape index (κ3) is 2.82. The summed E-state index contributed by atoms with van der Waals surface area (Å²) < 4.78 is 5.31. The van der Waals surface area contributed by atoms with E-state index in [1.807, 2.05) is 25.8 Å². The van der Waals surface area contributed by atoms with Crippen molar-refractivity contribution in [3.8, 4) is 0 Å². The van der Waals surface area contributed by atoms with E-state index in [1.54, 1.807) is 19.1 Å². The van der Waals surface area contributed by atoms with Crippen LogP contribution in [0.3, 0.4) is 0 Å². The Morgan fingerprint density at radius 3 is 2.19 bits per heavy atom. The van der Waals surface area contributed by atoms with Crippen LogP contribution in [-0.4, -0.2) is 60.6 Å². The highest BCUT2D eigenvalue weighted by molar-refractivity contribution is 6.23. The molecule has 2 aliphatic heterocycles. The average Bonchev–Trinajstić information content (AvgIpc) is 2.78. The summed E-state index contributed by atoms with van der Waals surface area (Å²) in [6.07, 6.45) is 1.21. The molecule has 0 bridgehead atoms. The molecule has 6 nitrogen and oxygen atoms in total. The number of amides is 1. The maximum absolute atomic E-state index is 13.3. The van der Waals surface area contributed by atoms with Crippen LogP contribution in [0.25, 0.3) is 5.57 Å². The van der Waals surface area contributed by atoms with Gasteiger partial charge in [-0.15, -0.1) is 0 Å². The number of rotatable bonds is 4. The van der Waals surface area contributed by atoms with Crippen LogP contribution in [0.1, 0.15) is 35.1 Å². The maximum atomic E-state index is 13.3. The van der Waals surface area contributed by atoms with Crippen molar-refractivity contribution in [2.45, 2.75) is 39.2 Å². The smallest absolute Gasteiger partial charge is 0.260 e. The van der Waals surface area contributed by atoms with Gasteiger partial charge in [-0.3, -0.25) is 4.79 Å². The Balaban J connectivity index is 2.12. The lowest BCUT2D eigenvalue weighted by Crippen LogP contribution is -2.55. The van der Waals surface area contributed by atoms with Crippen LogP contribution < -0.4 is 0 Å². The van der Waals surface area contributed by atoms with Crippen molar-refractivity contribution in [1.29, 1.82) is 0 Å². The molecule has 26 heavy (non-hydrogen) atoms. The summed E-state index contributed by atoms with van der Waals surface area (Å²) in [5, 5.41) is 13.1. The van der Waals surface area contributed by atoms with Crippen LogP contribution >= 0.6 is 0 Å². The van der Waals surface area contributed by atoms with Gasteiger partial charge in [0.2, 0.25) is 0 Å². The minimum Gasteiger partial charge on any atom is -0.509 e. The van der Waals surface area contributed by atoms with Crippen molar-refractivity contribution in [2.75, 3.05) is 34.0 Å². The molecule has 2 aliphatic rings. The van der Waals surface area contributed by atoms with Crippen molar-refractivity contribution in [2.24, 2.45) is 0 Å². The van der Waals surface area contributed by atoms with Crippen LogP contribution in [0.15, 0.2) is 17.9 Å². The van der Waals surface area contributed by atoms with E-state index in [1.165, 1.54) is 0 Å². The molecule has 142 valence electrons. The van der Waals surface area contributed by atoms with Gasteiger partial charge in [-0.1, -0.05) is 17.7 Å². The van der Waals surface area contributed by atoms with Crippen molar-refractivity contribution < 1.29 is 19.5 Å². The lowest BCUT2D eigenvalue weighted by atomic mass is 9.84. The molecule has 0 radical (unpaired) electrons. The molecule has 0 unspecified atom stereocenters. The molecule has 1 aromatic carbocycles. The lowest BCUT2D eigenvalue weighted by Gasteiger charge is -2.43. The fraction of sp³-hybridized carbons (Fsp3) is 0.550. The highest BCUT2D eigenvalue weighted by atomic mass is 16.7. The SMILES string of the molecule is COCN1C(=O)C(c2c(C)cc(C)cc2C)=C(O)C12CCN(OC)CC2. The lowest BCUT2D eigenvalue weighted by molar-refractivity contribution is -0.169. The second kappa shape index (κ2) is 7.02. The van der Waals surface area contributed by atoms with Gasteiger partial charge in [0.15, 0.2) is 0 Å². The number of hydroxylamine groups is 2. The van der Waals surface area contributed by atoms with Gasteiger partial charge in [0, 0.05) is 20.2 Å². The Labute approximate surface area is 154 Å². The van der Waals surface area contributed by atoms with Crippen LogP contribution in [0.5, 0.6) is 0 Å². The number of aryl methyl sites for hydroxylation is 3. The Kier molecular flexibility index (Phi) is 5.10. The Morgan fingerprint density at radius 1 is 1.12 bits per heavy atom. The summed E-state index contributed by atoms with van der Waals surface area (Å²) in [6.45, 7) is 7.46. The largest absolute Gasteiger partial charge is 0.509 e. The van der Waals surface area contributed by atoms with E-state index < -0.39 is 5.54 Å². The summed E-state index contributed by atoms with van der Waals surface area (Å²) >= 11 is 0. The molecule has 1 aromatic rings. The number of hydrogen-bond acceptors (Lipinski definition) is 5. The number of piperidine rings is 1. The molecule has 0 saturated carbocycles. The standard InChI is InChI=1S/C20H28N2O4/c1-13-10-14(2)16(15(3)11-13)17-18(23)20(22(12-25-4)19(17)24)6-8-21(26-5)9-7-20/h10-11,23H,6-9,12H2,1-5H3. The topological polar surface area (TPSA) is 62.2 Å². The van der Waals surface area contributed by atoms with E-state index in [-0.39, 0.29) is 18.4 Å².